The number of hydrazone groups is 1. The minimum Gasteiger partial charge on any atom is -0.497 e. The number of anilines is 3. The highest BCUT2D eigenvalue weighted by Crippen LogP contribution is 2.37. The molecule has 0 bridgehead atoms. The fraction of sp³-hybridized carbons (Fsp3) is 0.0833. The molecule has 2 N–H and O–H groups in total. The summed E-state index contributed by atoms with van der Waals surface area (Å²) in [5.74, 6) is 2.19. The van der Waals surface area contributed by atoms with Gasteiger partial charge in [-0.05, 0) is 54.1 Å². The lowest BCUT2D eigenvalue weighted by Crippen LogP contribution is -2.22. The number of nitrogens with zero attached hydrogens (tertiary/aromatic N) is 4. The minimum absolute atomic E-state index is 0.601. The molecule has 0 amide bonds. The molecule has 1 aliphatic heterocycles. The van der Waals surface area contributed by atoms with Crippen LogP contribution in [0, 0.1) is 0 Å². The number of aromatic nitrogens is 2. The number of benzene rings is 3. The highest BCUT2D eigenvalue weighted by Gasteiger charge is 2.28. The van der Waals surface area contributed by atoms with Crippen LogP contribution in [0.2, 0.25) is 0 Å². The molecular weight excluding hydrogens is 374 g/mol. The van der Waals surface area contributed by atoms with E-state index in [1.165, 1.54) is 0 Å². The number of hydrogen-bond acceptors (Lipinski definition) is 5. The summed E-state index contributed by atoms with van der Waals surface area (Å²) in [4.78, 5) is 0. The van der Waals surface area contributed by atoms with E-state index >= 15 is 0 Å². The van der Waals surface area contributed by atoms with E-state index in [2.05, 4.69) is 0 Å². The fourth-order valence-corrected chi connectivity index (χ4v) is 3.62. The van der Waals surface area contributed by atoms with E-state index in [-0.39, 0.29) is 0 Å². The largest absolute Gasteiger partial charge is 0.497 e. The van der Waals surface area contributed by atoms with Crippen LogP contribution in [-0.4, -0.2) is 22.6 Å². The molecule has 0 aliphatic carbocycles. The number of methoxy groups -OCH3 is 1. The van der Waals surface area contributed by atoms with Crippen LogP contribution in [0.15, 0.2) is 90.0 Å². The molecule has 5 rings (SSSR count). The van der Waals surface area contributed by atoms with Crippen molar-refractivity contribution in [2.24, 2.45) is 5.10 Å². The minimum atomic E-state index is 0.601. The van der Waals surface area contributed by atoms with Crippen LogP contribution >= 0.6 is 0 Å². The Hall–Kier alpha value is -4.06. The molecule has 0 fully saturated rings. The Morgan fingerprint density at radius 1 is 0.833 bits per heavy atom. The van der Waals surface area contributed by atoms with Crippen LogP contribution in [0.3, 0.4) is 0 Å². The number of nitrogens with two attached hydrogens (primary N) is 1. The predicted octanol–water partition coefficient (Wildman–Crippen LogP) is 4.56. The Balaban J connectivity index is 1.64. The SMILES string of the molecule is COc1ccc(C2=NN(c3ccccc3)c3nn(-c4ccccc4)c(N)c3C2)cc1. The molecule has 30 heavy (non-hydrogen) atoms. The lowest BCUT2D eigenvalue weighted by molar-refractivity contribution is 0.415. The third-order valence-electron chi connectivity index (χ3n) is 5.19. The first kappa shape index (κ1) is 18.0. The molecule has 1 aromatic heterocycles. The van der Waals surface area contributed by atoms with E-state index in [0.717, 1.165) is 39.8 Å². The molecule has 6 nitrogen and oxygen atoms in total. The number of nitrogen functional groups attached to an aromatic ring is 1. The van der Waals surface area contributed by atoms with Crippen molar-refractivity contribution in [3.05, 3.63) is 96.1 Å². The maximum atomic E-state index is 6.58. The van der Waals surface area contributed by atoms with Crippen LogP contribution in [0.1, 0.15) is 11.1 Å². The maximum absolute atomic E-state index is 6.58. The lowest BCUT2D eigenvalue weighted by Gasteiger charge is -2.24. The molecule has 0 unspecified atom stereocenters. The summed E-state index contributed by atoms with van der Waals surface area (Å²) in [6.07, 6.45) is 0.601. The van der Waals surface area contributed by atoms with Crippen LogP contribution in [0.5, 0.6) is 5.75 Å². The second-order valence-electron chi connectivity index (χ2n) is 7.03. The van der Waals surface area contributed by atoms with Crippen molar-refractivity contribution in [2.45, 2.75) is 6.42 Å². The zero-order chi connectivity index (χ0) is 20.5. The van der Waals surface area contributed by atoms with Crippen molar-refractivity contribution in [2.75, 3.05) is 17.9 Å². The summed E-state index contributed by atoms with van der Waals surface area (Å²) in [5.41, 5.74) is 11.3. The predicted molar refractivity (Wildman–Crippen MR) is 120 cm³/mol. The summed E-state index contributed by atoms with van der Waals surface area (Å²) in [6.45, 7) is 0. The Bertz CT molecular complexity index is 1200. The van der Waals surface area contributed by atoms with Crippen molar-refractivity contribution in [1.29, 1.82) is 0 Å². The maximum Gasteiger partial charge on any atom is 0.181 e. The number of ether oxygens (including phenoxy) is 1. The molecule has 2 heterocycles. The van der Waals surface area contributed by atoms with E-state index in [0.29, 0.717) is 12.2 Å². The Kier molecular flexibility index (Phi) is 4.44. The molecule has 0 radical (unpaired) electrons. The van der Waals surface area contributed by atoms with Crippen molar-refractivity contribution >= 4 is 23.0 Å². The monoisotopic (exact) mass is 395 g/mol. The molecule has 1 aliphatic rings. The molecule has 6 heteroatoms. The van der Waals surface area contributed by atoms with Crippen molar-refractivity contribution in [3.63, 3.8) is 0 Å². The van der Waals surface area contributed by atoms with E-state index in [1.54, 1.807) is 11.8 Å². The summed E-state index contributed by atoms with van der Waals surface area (Å²) >= 11 is 0. The normalized spacial score (nSPS) is 13.0. The zero-order valence-electron chi connectivity index (χ0n) is 16.6. The third kappa shape index (κ3) is 3.08. The second-order valence-corrected chi connectivity index (χ2v) is 7.03. The molecule has 3 aromatic carbocycles. The highest BCUT2D eigenvalue weighted by molar-refractivity contribution is 6.05. The molecule has 148 valence electrons. The Labute approximate surface area is 174 Å². The van der Waals surface area contributed by atoms with Gasteiger partial charge in [0.1, 0.15) is 11.6 Å². The fourth-order valence-electron chi connectivity index (χ4n) is 3.62. The van der Waals surface area contributed by atoms with Gasteiger partial charge < -0.3 is 10.5 Å². The topological polar surface area (TPSA) is 68.7 Å². The summed E-state index contributed by atoms with van der Waals surface area (Å²) in [7, 11) is 1.66. The van der Waals surface area contributed by atoms with Gasteiger partial charge in [0, 0.05) is 12.0 Å². The summed E-state index contributed by atoms with van der Waals surface area (Å²) in [6, 6.07) is 27.8. The van der Waals surface area contributed by atoms with Gasteiger partial charge in [-0.15, -0.1) is 5.10 Å². The lowest BCUT2D eigenvalue weighted by atomic mass is 10.0. The Morgan fingerprint density at radius 3 is 2.10 bits per heavy atom. The van der Waals surface area contributed by atoms with Gasteiger partial charge in [-0.2, -0.15) is 5.10 Å². The van der Waals surface area contributed by atoms with Gasteiger partial charge in [0.25, 0.3) is 0 Å². The number of para-hydroxylation sites is 2. The zero-order valence-corrected chi connectivity index (χ0v) is 16.6. The van der Waals surface area contributed by atoms with Crippen LogP contribution in [0.25, 0.3) is 5.69 Å². The van der Waals surface area contributed by atoms with Gasteiger partial charge in [0.05, 0.1) is 24.2 Å². The van der Waals surface area contributed by atoms with Crippen LogP contribution in [0.4, 0.5) is 17.3 Å². The van der Waals surface area contributed by atoms with Crippen molar-refractivity contribution in [3.8, 4) is 11.4 Å². The number of fused-ring (bicyclic) bond motifs is 1. The van der Waals surface area contributed by atoms with E-state index in [9.17, 15) is 0 Å². The van der Waals surface area contributed by atoms with E-state index in [1.807, 2.05) is 89.9 Å². The van der Waals surface area contributed by atoms with Gasteiger partial charge in [0.15, 0.2) is 5.82 Å². The van der Waals surface area contributed by atoms with Gasteiger partial charge in [-0.3, -0.25) is 0 Å². The van der Waals surface area contributed by atoms with Crippen LogP contribution < -0.4 is 15.5 Å². The van der Waals surface area contributed by atoms with E-state index < -0.39 is 0 Å². The van der Waals surface area contributed by atoms with Gasteiger partial charge >= 0.3 is 0 Å². The molecule has 0 saturated carbocycles. The smallest absolute Gasteiger partial charge is 0.181 e. The van der Waals surface area contributed by atoms with Crippen LogP contribution in [-0.2, 0) is 6.42 Å². The third-order valence-corrected chi connectivity index (χ3v) is 5.19. The first-order chi connectivity index (χ1) is 14.7. The second kappa shape index (κ2) is 7.40. The molecular formula is C24H21N5O. The molecule has 0 saturated heterocycles. The summed E-state index contributed by atoms with van der Waals surface area (Å²) in [5, 5.41) is 11.6. The van der Waals surface area contributed by atoms with Crippen molar-refractivity contribution < 1.29 is 4.74 Å². The van der Waals surface area contributed by atoms with E-state index in [4.69, 9.17) is 20.7 Å². The highest BCUT2D eigenvalue weighted by atomic mass is 16.5. The van der Waals surface area contributed by atoms with Gasteiger partial charge in [-0.25, -0.2) is 9.69 Å². The first-order valence-electron chi connectivity index (χ1n) is 9.74. The van der Waals surface area contributed by atoms with Gasteiger partial charge in [0.2, 0.25) is 0 Å². The standard InChI is InChI=1S/C24H21N5O/c1-30-20-14-12-17(13-15-20)22-16-21-23(25)28(18-8-4-2-5-9-18)27-24(21)29(26-22)19-10-6-3-7-11-19/h2-15H,16,25H2,1H3. The average molecular weight is 395 g/mol. The summed E-state index contributed by atoms with van der Waals surface area (Å²) < 4.78 is 7.08. The van der Waals surface area contributed by atoms with Crippen molar-refractivity contribution in [1.82, 2.24) is 9.78 Å². The molecule has 4 aromatic rings. The quantitative estimate of drug-likeness (QED) is 0.550. The molecule has 0 spiro atoms. The first-order valence-corrected chi connectivity index (χ1v) is 9.74. The van der Waals surface area contributed by atoms with Gasteiger partial charge in [-0.1, -0.05) is 36.4 Å². The number of hydrogen-bond donors (Lipinski definition) is 1. The number of rotatable bonds is 4. The average Bonchev–Trinajstić information content (AvgIpc) is 3.16. The Morgan fingerprint density at radius 2 is 1.47 bits per heavy atom. The molecule has 0 atom stereocenters.